The van der Waals surface area contributed by atoms with Gasteiger partial charge in [-0.05, 0) is 35.0 Å². The van der Waals surface area contributed by atoms with Gasteiger partial charge >= 0.3 is 0 Å². The highest BCUT2D eigenvalue weighted by molar-refractivity contribution is 7.17. The van der Waals surface area contributed by atoms with Crippen LogP contribution >= 0.6 is 11.3 Å². The molecule has 13 heavy (non-hydrogen) atoms. The fraction of sp³-hybridized carbons (Fsp3) is 0. The van der Waals surface area contributed by atoms with Crippen LogP contribution in [0.2, 0.25) is 0 Å². The first kappa shape index (κ1) is 8.22. The Balaban J connectivity index is 2.54. The summed E-state index contributed by atoms with van der Waals surface area (Å²) in [7, 11) is 0. The maximum absolute atomic E-state index is 11.1. The zero-order valence-electron chi connectivity index (χ0n) is 6.78. The van der Waals surface area contributed by atoms with E-state index in [4.69, 9.17) is 5.84 Å². The van der Waals surface area contributed by atoms with Crippen LogP contribution in [0, 0.1) is 0 Å². The largest absolute Gasteiger partial charge is 0.290 e. The topological polar surface area (TPSA) is 55.1 Å². The third kappa shape index (κ3) is 1.41. The van der Waals surface area contributed by atoms with Gasteiger partial charge in [-0.1, -0.05) is 0 Å². The van der Waals surface area contributed by atoms with E-state index >= 15 is 0 Å². The fourth-order valence-electron chi connectivity index (χ4n) is 1.19. The third-order valence-corrected chi connectivity index (χ3v) is 2.74. The molecule has 3 nitrogen and oxygen atoms in total. The first-order valence-electron chi connectivity index (χ1n) is 3.79. The van der Waals surface area contributed by atoms with Gasteiger partial charge < -0.3 is 0 Å². The van der Waals surface area contributed by atoms with Crippen molar-refractivity contribution in [3.05, 3.63) is 35.2 Å². The van der Waals surface area contributed by atoms with E-state index in [1.165, 1.54) is 4.70 Å². The minimum Gasteiger partial charge on any atom is -0.290 e. The minimum absolute atomic E-state index is 0.256. The second kappa shape index (κ2) is 3.16. The molecule has 0 spiro atoms. The Kier molecular flexibility index (Phi) is 2.00. The fourth-order valence-corrected chi connectivity index (χ4v) is 1.96. The Labute approximate surface area is 79.1 Å². The monoisotopic (exact) mass is 192 g/mol. The number of amides is 1. The van der Waals surface area contributed by atoms with Crippen molar-refractivity contribution in [1.29, 1.82) is 0 Å². The maximum atomic E-state index is 11.1. The van der Waals surface area contributed by atoms with Crippen molar-refractivity contribution in [2.75, 3.05) is 0 Å². The van der Waals surface area contributed by atoms with Crippen LogP contribution in [0.4, 0.5) is 0 Å². The number of thiophene rings is 1. The van der Waals surface area contributed by atoms with Gasteiger partial charge in [0, 0.05) is 10.3 Å². The summed E-state index contributed by atoms with van der Waals surface area (Å²) in [5, 5.41) is 3.07. The summed E-state index contributed by atoms with van der Waals surface area (Å²) in [6, 6.07) is 7.49. The smallest absolute Gasteiger partial charge is 0.265 e. The highest BCUT2D eigenvalue weighted by Gasteiger charge is 2.03. The van der Waals surface area contributed by atoms with Gasteiger partial charge in [0.2, 0.25) is 0 Å². The van der Waals surface area contributed by atoms with E-state index in [1.807, 2.05) is 23.6 Å². The number of hydrogen-bond donors (Lipinski definition) is 2. The SMILES string of the molecule is NNC(=O)c1ccc2sccc2c1. The molecule has 0 unspecified atom stereocenters. The number of nitrogens with two attached hydrogens (primary N) is 1. The highest BCUT2D eigenvalue weighted by Crippen LogP contribution is 2.21. The standard InChI is InChI=1S/C9H8N2OS/c10-11-9(12)7-1-2-8-6(5-7)3-4-13-8/h1-5H,10H2,(H,11,12). The zero-order valence-corrected chi connectivity index (χ0v) is 7.60. The lowest BCUT2D eigenvalue weighted by atomic mass is 10.1. The average Bonchev–Trinajstić information content (AvgIpc) is 2.63. The third-order valence-electron chi connectivity index (χ3n) is 1.85. The highest BCUT2D eigenvalue weighted by atomic mass is 32.1. The van der Waals surface area contributed by atoms with Crippen LogP contribution in [0.15, 0.2) is 29.6 Å². The van der Waals surface area contributed by atoms with E-state index < -0.39 is 0 Å². The van der Waals surface area contributed by atoms with Gasteiger partial charge in [-0.2, -0.15) is 0 Å². The summed E-state index contributed by atoms with van der Waals surface area (Å²) in [6.07, 6.45) is 0. The number of carbonyl (C=O) groups is 1. The maximum Gasteiger partial charge on any atom is 0.265 e. The summed E-state index contributed by atoms with van der Waals surface area (Å²) in [4.78, 5) is 11.1. The Hall–Kier alpha value is -1.39. The molecular formula is C9H8N2OS. The van der Waals surface area contributed by atoms with Crippen LogP contribution < -0.4 is 11.3 Å². The van der Waals surface area contributed by atoms with Crippen molar-refractivity contribution in [1.82, 2.24) is 5.43 Å². The van der Waals surface area contributed by atoms with Crippen molar-refractivity contribution in [2.45, 2.75) is 0 Å². The van der Waals surface area contributed by atoms with Gasteiger partial charge in [-0.15, -0.1) is 11.3 Å². The molecular weight excluding hydrogens is 184 g/mol. The molecule has 2 rings (SSSR count). The summed E-state index contributed by atoms with van der Waals surface area (Å²) in [6.45, 7) is 0. The molecule has 1 aromatic heterocycles. The minimum atomic E-state index is -0.256. The summed E-state index contributed by atoms with van der Waals surface area (Å²) in [5.74, 6) is 4.77. The molecule has 2 aromatic rings. The van der Waals surface area contributed by atoms with E-state index in [0.29, 0.717) is 5.56 Å². The number of hydrogen-bond acceptors (Lipinski definition) is 3. The van der Waals surface area contributed by atoms with Gasteiger partial charge in [0.15, 0.2) is 0 Å². The number of carbonyl (C=O) groups excluding carboxylic acids is 1. The van der Waals surface area contributed by atoms with Gasteiger partial charge in [0.25, 0.3) is 5.91 Å². The molecule has 0 aliphatic rings. The van der Waals surface area contributed by atoms with E-state index in [2.05, 4.69) is 5.43 Å². The molecule has 0 saturated heterocycles. The van der Waals surface area contributed by atoms with Crippen LogP contribution in [0.25, 0.3) is 10.1 Å². The lowest BCUT2D eigenvalue weighted by molar-refractivity contribution is 0.0954. The molecule has 0 aliphatic heterocycles. The van der Waals surface area contributed by atoms with Crippen molar-refractivity contribution in [3.63, 3.8) is 0 Å². The van der Waals surface area contributed by atoms with Gasteiger partial charge in [-0.3, -0.25) is 10.2 Å². The van der Waals surface area contributed by atoms with Crippen molar-refractivity contribution in [2.24, 2.45) is 5.84 Å². The number of benzene rings is 1. The summed E-state index contributed by atoms with van der Waals surface area (Å²) < 4.78 is 1.17. The second-order valence-corrected chi connectivity index (χ2v) is 3.59. The molecule has 3 N–H and O–H groups in total. The van der Waals surface area contributed by atoms with E-state index in [0.717, 1.165) is 5.39 Å². The van der Waals surface area contributed by atoms with Crippen LogP contribution in [0.3, 0.4) is 0 Å². The van der Waals surface area contributed by atoms with Crippen molar-refractivity contribution in [3.8, 4) is 0 Å². The second-order valence-electron chi connectivity index (χ2n) is 2.65. The zero-order chi connectivity index (χ0) is 9.26. The van der Waals surface area contributed by atoms with E-state index in [1.54, 1.807) is 17.4 Å². The number of nitrogen functional groups attached to an aromatic ring is 1. The quantitative estimate of drug-likeness (QED) is 0.409. The molecule has 0 radical (unpaired) electrons. The van der Waals surface area contributed by atoms with Crippen LogP contribution in [0.1, 0.15) is 10.4 Å². The predicted molar refractivity (Wildman–Crippen MR) is 53.5 cm³/mol. The summed E-state index contributed by atoms with van der Waals surface area (Å²) in [5.41, 5.74) is 2.69. The first-order chi connectivity index (χ1) is 6.31. The number of rotatable bonds is 1. The molecule has 1 amide bonds. The lowest BCUT2D eigenvalue weighted by Gasteiger charge is -1.98. The van der Waals surface area contributed by atoms with Gasteiger partial charge in [0.05, 0.1) is 0 Å². The molecule has 1 heterocycles. The first-order valence-corrected chi connectivity index (χ1v) is 4.67. The molecule has 0 bridgehead atoms. The molecule has 0 saturated carbocycles. The Bertz CT molecular complexity index is 450. The van der Waals surface area contributed by atoms with Gasteiger partial charge in [-0.25, -0.2) is 5.84 Å². The van der Waals surface area contributed by atoms with E-state index in [-0.39, 0.29) is 5.91 Å². The average molecular weight is 192 g/mol. The van der Waals surface area contributed by atoms with Crippen LogP contribution in [0.5, 0.6) is 0 Å². The molecule has 66 valence electrons. The molecule has 4 heteroatoms. The molecule has 0 atom stereocenters. The van der Waals surface area contributed by atoms with Gasteiger partial charge in [0.1, 0.15) is 0 Å². The molecule has 1 aromatic carbocycles. The Morgan fingerprint density at radius 1 is 1.38 bits per heavy atom. The van der Waals surface area contributed by atoms with Crippen molar-refractivity contribution >= 4 is 27.3 Å². The predicted octanol–water partition coefficient (Wildman–Crippen LogP) is 1.50. The number of hydrazine groups is 1. The Morgan fingerprint density at radius 3 is 3.00 bits per heavy atom. The normalized spacial score (nSPS) is 10.2. The lowest BCUT2D eigenvalue weighted by Crippen LogP contribution is -2.29. The Morgan fingerprint density at radius 2 is 2.23 bits per heavy atom. The summed E-state index contributed by atoms with van der Waals surface area (Å²) >= 11 is 1.65. The van der Waals surface area contributed by atoms with Crippen molar-refractivity contribution < 1.29 is 4.79 Å². The van der Waals surface area contributed by atoms with Crippen LogP contribution in [-0.2, 0) is 0 Å². The molecule has 0 aliphatic carbocycles. The van der Waals surface area contributed by atoms with E-state index in [9.17, 15) is 4.79 Å². The number of nitrogens with one attached hydrogen (secondary N) is 1. The molecule has 0 fully saturated rings. The van der Waals surface area contributed by atoms with Crippen LogP contribution in [-0.4, -0.2) is 5.91 Å². The number of fused-ring (bicyclic) bond motifs is 1.